The quantitative estimate of drug-likeness (QED) is 0.284. The van der Waals surface area contributed by atoms with Crippen molar-refractivity contribution in [3.05, 3.63) is 138 Å². The smallest absolute Gasteiger partial charge is 0.0453 e. The van der Waals surface area contributed by atoms with Gasteiger partial charge in [0.2, 0.25) is 0 Å². The maximum atomic E-state index is 3.98. The Labute approximate surface area is 232 Å². The van der Waals surface area contributed by atoms with Gasteiger partial charge in [-0.3, -0.25) is 0 Å². The number of rotatable bonds is 5. The summed E-state index contributed by atoms with van der Waals surface area (Å²) in [6, 6.07) is 29.7. The van der Waals surface area contributed by atoms with Crippen LogP contribution >= 0.6 is 0 Å². The molecule has 0 aromatic heterocycles. The molecule has 3 aliphatic carbocycles. The minimum Gasteiger partial charge on any atom is -0.362 e. The average Bonchev–Trinajstić information content (AvgIpc) is 3.44. The van der Waals surface area contributed by atoms with Gasteiger partial charge in [0.1, 0.15) is 0 Å². The predicted molar refractivity (Wildman–Crippen MR) is 167 cm³/mol. The highest BCUT2D eigenvalue weighted by Gasteiger charge is 2.40. The fourth-order valence-corrected chi connectivity index (χ4v) is 7.41. The Hall–Kier alpha value is -4.10. The van der Waals surface area contributed by atoms with E-state index in [0.29, 0.717) is 5.92 Å². The predicted octanol–water partition coefficient (Wildman–Crippen LogP) is 9.99. The SMILES string of the molecule is C=CNc1ccc(-c2ccc(C3=CCC4Cc5cc6c(cc5C4C3)-c3ccccc3C6(C)C)cc2)cc1C=C. The molecule has 0 aliphatic heterocycles. The summed E-state index contributed by atoms with van der Waals surface area (Å²) >= 11 is 0. The highest BCUT2D eigenvalue weighted by atomic mass is 14.8. The first-order valence-corrected chi connectivity index (χ1v) is 14.2. The first-order valence-electron chi connectivity index (χ1n) is 14.2. The van der Waals surface area contributed by atoms with Crippen molar-refractivity contribution in [3.63, 3.8) is 0 Å². The third kappa shape index (κ3) is 3.75. The van der Waals surface area contributed by atoms with Crippen LogP contribution in [0.3, 0.4) is 0 Å². The van der Waals surface area contributed by atoms with Gasteiger partial charge < -0.3 is 5.32 Å². The van der Waals surface area contributed by atoms with E-state index < -0.39 is 0 Å². The molecule has 0 amide bonds. The lowest BCUT2D eigenvalue weighted by atomic mass is 9.77. The second-order valence-corrected chi connectivity index (χ2v) is 11.9. The average molecular weight is 506 g/mol. The number of allylic oxidation sites excluding steroid dienone is 2. The summed E-state index contributed by atoms with van der Waals surface area (Å²) in [7, 11) is 0. The molecule has 0 saturated heterocycles. The molecule has 0 spiro atoms. The van der Waals surface area contributed by atoms with Crippen molar-refractivity contribution in [2.75, 3.05) is 5.32 Å². The molecule has 1 N–H and O–H groups in total. The Bertz CT molecular complexity index is 1660. The maximum Gasteiger partial charge on any atom is 0.0453 e. The van der Waals surface area contributed by atoms with Crippen molar-refractivity contribution in [2.24, 2.45) is 5.92 Å². The van der Waals surface area contributed by atoms with Gasteiger partial charge in [0, 0.05) is 11.1 Å². The topological polar surface area (TPSA) is 12.0 Å². The lowest BCUT2D eigenvalue weighted by Gasteiger charge is -2.27. The summed E-state index contributed by atoms with van der Waals surface area (Å²) in [6.07, 6.45) is 9.62. The van der Waals surface area contributed by atoms with Crippen LogP contribution in [-0.4, -0.2) is 0 Å². The van der Waals surface area contributed by atoms with Gasteiger partial charge in [-0.05, 0) is 111 Å². The van der Waals surface area contributed by atoms with Gasteiger partial charge >= 0.3 is 0 Å². The van der Waals surface area contributed by atoms with Crippen molar-refractivity contribution in [1.82, 2.24) is 0 Å². The van der Waals surface area contributed by atoms with Crippen molar-refractivity contribution in [3.8, 4) is 22.3 Å². The Morgan fingerprint density at radius 3 is 2.36 bits per heavy atom. The van der Waals surface area contributed by atoms with Crippen molar-refractivity contribution < 1.29 is 0 Å². The molecule has 7 rings (SSSR count). The molecule has 0 fully saturated rings. The summed E-state index contributed by atoms with van der Waals surface area (Å²) in [4.78, 5) is 0. The first-order chi connectivity index (χ1) is 19.0. The van der Waals surface area contributed by atoms with Crippen LogP contribution in [0.15, 0.2) is 104 Å². The Kier molecular flexibility index (Phi) is 5.52. The molecule has 0 heterocycles. The molecule has 4 aromatic carbocycles. The van der Waals surface area contributed by atoms with Gasteiger partial charge in [-0.1, -0.05) is 106 Å². The third-order valence-corrected chi connectivity index (χ3v) is 9.52. The Balaban J connectivity index is 1.17. The van der Waals surface area contributed by atoms with E-state index >= 15 is 0 Å². The van der Waals surface area contributed by atoms with Gasteiger partial charge in [-0.15, -0.1) is 0 Å². The van der Waals surface area contributed by atoms with E-state index in [2.05, 4.69) is 117 Å². The van der Waals surface area contributed by atoms with Gasteiger partial charge in [-0.25, -0.2) is 0 Å². The van der Waals surface area contributed by atoms with Crippen LogP contribution in [-0.2, 0) is 11.8 Å². The monoisotopic (exact) mass is 505 g/mol. The Morgan fingerprint density at radius 2 is 1.56 bits per heavy atom. The Morgan fingerprint density at radius 1 is 0.795 bits per heavy atom. The van der Waals surface area contributed by atoms with E-state index in [9.17, 15) is 0 Å². The fraction of sp³-hybridized carbons (Fsp3) is 0.211. The molecule has 3 aliphatic rings. The van der Waals surface area contributed by atoms with Crippen LogP contribution in [0.4, 0.5) is 5.69 Å². The molecule has 2 unspecified atom stereocenters. The highest BCUT2D eigenvalue weighted by molar-refractivity contribution is 5.82. The molecule has 4 aromatic rings. The van der Waals surface area contributed by atoms with Gasteiger partial charge in [0.15, 0.2) is 0 Å². The molecule has 0 radical (unpaired) electrons. The van der Waals surface area contributed by atoms with Crippen molar-refractivity contribution in [2.45, 2.75) is 44.4 Å². The minimum absolute atomic E-state index is 0.0782. The van der Waals surface area contributed by atoms with Crippen molar-refractivity contribution in [1.29, 1.82) is 0 Å². The highest BCUT2D eigenvalue weighted by Crippen LogP contribution is 2.54. The largest absolute Gasteiger partial charge is 0.362 e. The number of nitrogens with one attached hydrogen (secondary N) is 1. The van der Waals surface area contributed by atoms with Gasteiger partial charge in [0.25, 0.3) is 0 Å². The molecule has 39 heavy (non-hydrogen) atoms. The van der Waals surface area contributed by atoms with E-state index in [1.165, 1.54) is 57.4 Å². The lowest BCUT2D eigenvalue weighted by molar-refractivity contribution is 0.454. The number of hydrogen-bond acceptors (Lipinski definition) is 1. The maximum absolute atomic E-state index is 3.98. The molecule has 1 nitrogen and oxygen atoms in total. The van der Waals surface area contributed by atoms with Crippen molar-refractivity contribution >= 4 is 17.3 Å². The molecular weight excluding hydrogens is 470 g/mol. The van der Waals surface area contributed by atoms with Crippen LogP contribution in [0, 0.1) is 5.92 Å². The summed E-state index contributed by atoms with van der Waals surface area (Å²) in [5, 5.41) is 3.19. The molecule has 1 heteroatoms. The summed E-state index contributed by atoms with van der Waals surface area (Å²) < 4.78 is 0. The van der Waals surface area contributed by atoms with Gasteiger partial charge in [-0.2, -0.15) is 0 Å². The molecule has 0 saturated carbocycles. The standard InChI is InChI=1S/C38H35N/c1-5-24-19-27(17-18-37(24)39-6-2)25-11-13-26(14-12-25)28-15-16-29-20-30-22-36-34(23-33(30)32(29)21-28)31-9-7-8-10-35(31)38(36,3)4/h5-15,17-19,22-23,29,32,39H,1-2,16,20-21H2,3-4H3. The number of hydrogen-bond donors (Lipinski definition) is 1. The number of benzene rings is 4. The fourth-order valence-electron chi connectivity index (χ4n) is 7.41. The second-order valence-electron chi connectivity index (χ2n) is 11.9. The minimum atomic E-state index is 0.0782. The summed E-state index contributed by atoms with van der Waals surface area (Å²) in [5.74, 6) is 1.34. The van der Waals surface area contributed by atoms with Crippen LogP contribution in [0.1, 0.15) is 66.0 Å². The van der Waals surface area contributed by atoms with Crippen LogP contribution in [0.5, 0.6) is 0 Å². The van der Waals surface area contributed by atoms with E-state index in [4.69, 9.17) is 0 Å². The van der Waals surface area contributed by atoms with E-state index in [0.717, 1.165) is 23.6 Å². The molecule has 192 valence electrons. The van der Waals surface area contributed by atoms with Crippen LogP contribution in [0.25, 0.3) is 33.9 Å². The number of anilines is 1. The lowest BCUT2D eigenvalue weighted by Crippen LogP contribution is -2.15. The van der Waals surface area contributed by atoms with Crippen LogP contribution < -0.4 is 5.32 Å². The molecule has 2 atom stereocenters. The van der Waals surface area contributed by atoms with E-state index in [1.54, 1.807) is 17.3 Å². The normalized spacial score (nSPS) is 19.8. The molecule has 0 bridgehead atoms. The van der Waals surface area contributed by atoms with Crippen LogP contribution in [0.2, 0.25) is 0 Å². The zero-order chi connectivity index (χ0) is 26.7. The summed E-state index contributed by atoms with van der Waals surface area (Å²) in [6.45, 7) is 12.5. The third-order valence-electron chi connectivity index (χ3n) is 9.52. The first kappa shape index (κ1) is 24.0. The zero-order valence-corrected chi connectivity index (χ0v) is 22.9. The number of fused-ring (bicyclic) bond motifs is 6. The van der Waals surface area contributed by atoms with E-state index in [1.807, 2.05) is 6.08 Å². The summed E-state index contributed by atoms with van der Waals surface area (Å²) in [5.41, 5.74) is 16.5. The van der Waals surface area contributed by atoms with E-state index in [-0.39, 0.29) is 5.41 Å². The zero-order valence-electron chi connectivity index (χ0n) is 22.9. The molecular formula is C38H35N. The second kappa shape index (κ2) is 8.99. The van der Waals surface area contributed by atoms with Gasteiger partial charge in [0.05, 0.1) is 0 Å².